The summed E-state index contributed by atoms with van der Waals surface area (Å²) in [7, 11) is 0. The Hall–Kier alpha value is -1.42. The SMILES string of the molecule is CCCCCCCC/C=C\CCCCCCCC[C@@](O)(C(O)C(=O)CCCCCCCCCCCCCCC)[C@@H](O)[C@H](O)[C@@](O)(CCCCCCCC/C=C\CCCCCCCC)C(O)C(=O)CCCCCCCCCCCCCCC. The number of unbranched alkanes of at least 4 members (excludes halogenated alkanes) is 48. The van der Waals surface area contributed by atoms with E-state index in [2.05, 4.69) is 52.0 Å². The van der Waals surface area contributed by atoms with E-state index in [1.807, 2.05) is 0 Å². The topological polar surface area (TPSA) is 156 Å². The molecule has 6 atom stereocenters. The van der Waals surface area contributed by atoms with Gasteiger partial charge in [-0.1, -0.05) is 335 Å². The van der Waals surface area contributed by atoms with Crippen LogP contribution in [0.2, 0.25) is 0 Å². The van der Waals surface area contributed by atoms with Gasteiger partial charge in [-0.2, -0.15) is 0 Å². The van der Waals surface area contributed by atoms with Gasteiger partial charge in [0.25, 0.3) is 0 Å². The molecule has 0 radical (unpaired) electrons. The Morgan fingerprint density at radius 3 is 0.646 bits per heavy atom. The van der Waals surface area contributed by atoms with Crippen molar-refractivity contribution in [2.24, 2.45) is 0 Å². The van der Waals surface area contributed by atoms with Crippen LogP contribution >= 0.6 is 0 Å². The fourth-order valence-electron chi connectivity index (χ4n) is 12.2. The van der Waals surface area contributed by atoms with Gasteiger partial charge in [0.2, 0.25) is 0 Å². The zero-order valence-electron chi connectivity index (χ0n) is 55.1. The number of carbonyl (C=O) groups excluding carboxylic acids is 2. The molecule has 486 valence electrons. The average molecular weight is 1160 g/mol. The zero-order chi connectivity index (χ0) is 60.3. The summed E-state index contributed by atoms with van der Waals surface area (Å²) in [6.45, 7) is 9.00. The van der Waals surface area contributed by atoms with Crippen LogP contribution in [0.5, 0.6) is 0 Å². The molecule has 0 fully saturated rings. The van der Waals surface area contributed by atoms with E-state index in [4.69, 9.17) is 0 Å². The van der Waals surface area contributed by atoms with Crippen molar-refractivity contribution < 1.29 is 40.2 Å². The van der Waals surface area contributed by atoms with Gasteiger partial charge >= 0.3 is 0 Å². The van der Waals surface area contributed by atoms with E-state index in [0.29, 0.717) is 38.5 Å². The Morgan fingerprint density at radius 1 is 0.268 bits per heavy atom. The largest absolute Gasteiger partial charge is 0.387 e. The third-order valence-corrected chi connectivity index (χ3v) is 18.1. The van der Waals surface area contributed by atoms with Crippen molar-refractivity contribution in [2.45, 2.75) is 436 Å². The van der Waals surface area contributed by atoms with Gasteiger partial charge in [0.05, 0.1) is 0 Å². The van der Waals surface area contributed by atoms with E-state index in [0.717, 1.165) is 116 Å². The second-order valence-electron chi connectivity index (χ2n) is 26.0. The van der Waals surface area contributed by atoms with Gasteiger partial charge in [0, 0.05) is 12.8 Å². The molecule has 0 amide bonds. The van der Waals surface area contributed by atoms with Crippen LogP contribution in [0.4, 0.5) is 0 Å². The summed E-state index contributed by atoms with van der Waals surface area (Å²) >= 11 is 0. The molecule has 0 aromatic heterocycles. The summed E-state index contributed by atoms with van der Waals surface area (Å²) in [5.41, 5.74) is -4.99. The highest BCUT2D eigenvalue weighted by molar-refractivity contribution is 5.85. The summed E-state index contributed by atoms with van der Waals surface area (Å²) in [4.78, 5) is 27.7. The molecular formula is C74H142O8. The summed E-state index contributed by atoms with van der Waals surface area (Å²) < 4.78 is 0. The summed E-state index contributed by atoms with van der Waals surface area (Å²) in [6.07, 6.45) is 60.8. The van der Waals surface area contributed by atoms with Crippen LogP contribution in [0.1, 0.15) is 400 Å². The maximum Gasteiger partial charge on any atom is 0.164 e. The molecule has 2 unspecified atom stereocenters. The maximum absolute atomic E-state index is 13.8. The van der Waals surface area contributed by atoms with E-state index in [9.17, 15) is 40.2 Å². The lowest BCUT2D eigenvalue weighted by molar-refractivity contribution is -0.234. The van der Waals surface area contributed by atoms with Crippen molar-refractivity contribution in [3.8, 4) is 0 Å². The van der Waals surface area contributed by atoms with Gasteiger partial charge in [-0.25, -0.2) is 0 Å². The fourth-order valence-corrected chi connectivity index (χ4v) is 12.2. The standard InChI is InChI=1S/C74H142O8/c1-5-9-13-17-21-25-29-33-35-37-41-45-49-53-57-61-65-73(81,69(77)67(75)63-59-55-51-47-43-39-31-27-23-19-15-11-7-3)71(79)72(80)74(82,66-62-58-54-50-46-42-38-36-34-30-26-22-18-14-10-6-2)70(78)68(76)64-60-56-52-48-44-40-32-28-24-20-16-12-8-4/h33-36,69-72,77-82H,5-32,37-66H2,1-4H3/b35-33-,36-34-/t69?,70?,71-,72-,73+,74+/m0/s1. The van der Waals surface area contributed by atoms with Gasteiger partial charge in [-0.15, -0.1) is 0 Å². The molecule has 0 aliphatic heterocycles. The highest BCUT2D eigenvalue weighted by atomic mass is 16.4. The highest BCUT2D eigenvalue weighted by Gasteiger charge is 2.56. The van der Waals surface area contributed by atoms with Crippen LogP contribution in [0.3, 0.4) is 0 Å². The first-order chi connectivity index (χ1) is 40.0. The zero-order valence-corrected chi connectivity index (χ0v) is 55.1. The highest BCUT2D eigenvalue weighted by Crippen LogP contribution is 2.36. The molecule has 0 aliphatic rings. The molecule has 0 heterocycles. The molecule has 6 N–H and O–H groups in total. The van der Waals surface area contributed by atoms with Crippen molar-refractivity contribution in [1.29, 1.82) is 0 Å². The molecule has 0 spiro atoms. The molecular weight excluding hydrogens is 1020 g/mol. The van der Waals surface area contributed by atoms with Crippen molar-refractivity contribution in [1.82, 2.24) is 0 Å². The maximum atomic E-state index is 13.8. The fraction of sp³-hybridized carbons (Fsp3) is 0.919. The minimum absolute atomic E-state index is 0.0252. The Labute approximate surface area is 509 Å². The Kier molecular flexibility index (Phi) is 58.9. The molecule has 0 aromatic rings. The first-order valence-corrected chi connectivity index (χ1v) is 36.5. The number of hydrogen-bond acceptors (Lipinski definition) is 8. The van der Waals surface area contributed by atoms with Crippen LogP contribution in [-0.2, 0) is 9.59 Å². The molecule has 0 saturated heterocycles. The minimum Gasteiger partial charge on any atom is -0.387 e. The number of Topliss-reactive ketones (excluding diaryl/α,β-unsaturated/α-hetero) is 2. The number of rotatable bonds is 67. The Bertz CT molecular complexity index is 1310. The van der Waals surface area contributed by atoms with E-state index >= 15 is 0 Å². The number of hydrogen-bond donors (Lipinski definition) is 6. The monoisotopic (exact) mass is 1160 g/mol. The van der Waals surface area contributed by atoms with Gasteiger partial charge in [0.15, 0.2) is 11.6 Å². The van der Waals surface area contributed by atoms with Crippen molar-refractivity contribution in [3.63, 3.8) is 0 Å². The van der Waals surface area contributed by atoms with E-state index in [1.54, 1.807) is 0 Å². The first-order valence-electron chi connectivity index (χ1n) is 36.5. The van der Waals surface area contributed by atoms with E-state index in [1.165, 1.54) is 193 Å². The van der Waals surface area contributed by atoms with Crippen LogP contribution < -0.4 is 0 Å². The second kappa shape index (κ2) is 59.9. The van der Waals surface area contributed by atoms with Crippen LogP contribution in [0.25, 0.3) is 0 Å². The van der Waals surface area contributed by atoms with Crippen LogP contribution in [0.15, 0.2) is 24.3 Å². The Balaban J connectivity index is 5.85. The summed E-state index contributed by atoms with van der Waals surface area (Å²) in [5, 5.41) is 72.9. The molecule has 8 heteroatoms. The lowest BCUT2D eigenvalue weighted by Gasteiger charge is -2.45. The van der Waals surface area contributed by atoms with Crippen molar-refractivity contribution in [3.05, 3.63) is 24.3 Å². The second-order valence-corrected chi connectivity index (χ2v) is 26.0. The molecule has 8 nitrogen and oxygen atoms in total. The molecule has 0 bridgehead atoms. The number of aliphatic hydroxyl groups excluding tert-OH is 4. The molecule has 0 saturated carbocycles. The third-order valence-electron chi connectivity index (χ3n) is 18.1. The number of aliphatic hydroxyl groups is 6. The summed E-state index contributed by atoms with van der Waals surface area (Å²) in [5.74, 6) is -1.20. The molecule has 0 rings (SSSR count). The van der Waals surface area contributed by atoms with Crippen molar-refractivity contribution in [2.75, 3.05) is 0 Å². The average Bonchev–Trinajstić information content (AvgIpc) is 3.43. The van der Waals surface area contributed by atoms with Gasteiger partial charge < -0.3 is 30.6 Å². The number of allylic oxidation sites excluding steroid dienone is 4. The lowest BCUT2D eigenvalue weighted by atomic mass is 9.72. The Morgan fingerprint density at radius 2 is 0.439 bits per heavy atom. The smallest absolute Gasteiger partial charge is 0.164 e. The molecule has 0 aliphatic carbocycles. The normalized spacial score (nSPS) is 15.1. The van der Waals surface area contributed by atoms with Gasteiger partial charge in [-0.3, -0.25) is 9.59 Å². The predicted octanol–water partition coefficient (Wildman–Crippen LogP) is 20.8. The van der Waals surface area contributed by atoms with Crippen molar-refractivity contribution >= 4 is 11.6 Å². The third kappa shape index (κ3) is 44.9. The van der Waals surface area contributed by atoms with Crippen LogP contribution in [-0.4, -0.2) is 77.8 Å². The quantitative estimate of drug-likeness (QED) is 0.0260. The van der Waals surface area contributed by atoms with E-state index < -0.39 is 47.2 Å². The van der Waals surface area contributed by atoms with Gasteiger partial charge in [0.1, 0.15) is 35.6 Å². The van der Waals surface area contributed by atoms with Gasteiger partial charge in [-0.05, 0) is 77.0 Å². The molecule has 82 heavy (non-hydrogen) atoms. The van der Waals surface area contributed by atoms with Crippen LogP contribution in [0, 0.1) is 0 Å². The number of carbonyl (C=O) groups is 2. The predicted molar refractivity (Wildman–Crippen MR) is 353 cm³/mol. The lowest BCUT2D eigenvalue weighted by Crippen LogP contribution is -2.67. The first kappa shape index (κ1) is 80.6. The molecule has 0 aromatic carbocycles. The number of ketones is 2. The summed E-state index contributed by atoms with van der Waals surface area (Å²) in [6, 6.07) is 0. The minimum atomic E-state index is -2.50. The van der Waals surface area contributed by atoms with E-state index in [-0.39, 0.29) is 25.7 Å².